The molecule has 0 aliphatic carbocycles. The molecule has 0 aromatic heterocycles. The average Bonchev–Trinajstić information content (AvgIpc) is 2.56. The molecule has 1 aliphatic heterocycles. The van der Waals surface area contributed by atoms with Gasteiger partial charge in [0.2, 0.25) is 0 Å². The first-order valence-electron chi connectivity index (χ1n) is 8.09. The number of alkyl halides is 3. The molecule has 1 aromatic rings. The van der Waals surface area contributed by atoms with Crippen LogP contribution in [-0.2, 0) is 10.9 Å². The Hall–Kier alpha value is -2.00. The molecule has 0 unspecified atom stereocenters. The number of hydrogen-bond donors (Lipinski definition) is 2. The first-order chi connectivity index (χ1) is 11.9. The number of hydrogen-bond acceptors (Lipinski definition) is 4. The summed E-state index contributed by atoms with van der Waals surface area (Å²) in [6.07, 6.45) is -4.59. The van der Waals surface area contributed by atoms with Crippen molar-refractivity contribution in [2.75, 3.05) is 51.3 Å². The molecular formula is C16H22F3N3O3. The number of anilines is 1. The topological polar surface area (TPSA) is 62.8 Å². The second kappa shape index (κ2) is 8.91. The highest BCUT2D eigenvalue weighted by Crippen LogP contribution is 2.37. The highest BCUT2D eigenvalue weighted by Gasteiger charge is 2.34. The standard InChI is InChI=1S/C16H22F3N3O3/c1-2-25-12-3-4-14(13(11-12)16(17,18)19)21-15(23)20-5-6-22-7-9-24-10-8-22/h3-4,11H,2,5-10H2,1H3,(H2,20,21,23). The van der Waals surface area contributed by atoms with Crippen LogP contribution in [0.4, 0.5) is 23.7 Å². The lowest BCUT2D eigenvalue weighted by molar-refractivity contribution is -0.137. The van der Waals surface area contributed by atoms with E-state index in [2.05, 4.69) is 15.5 Å². The maximum atomic E-state index is 13.2. The van der Waals surface area contributed by atoms with Crippen LogP contribution in [0, 0.1) is 0 Å². The highest BCUT2D eigenvalue weighted by atomic mass is 19.4. The third-order valence-corrected chi connectivity index (χ3v) is 3.67. The third-order valence-electron chi connectivity index (χ3n) is 3.67. The van der Waals surface area contributed by atoms with Crippen molar-refractivity contribution in [1.29, 1.82) is 0 Å². The Morgan fingerprint density at radius 1 is 1.32 bits per heavy atom. The molecule has 0 bridgehead atoms. The Morgan fingerprint density at radius 3 is 2.68 bits per heavy atom. The van der Waals surface area contributed by atoms with Crippen molar-refractivity contribution in [2.45, 2.75) is 13.1 Å². The summed E-state index contributed by atoms with van der Waals surface area (Å²) in [5.41, 5.74) is -1.25. The van der Waals surface area contributed by atoms with Gasteiger partial charge in [0, 0.05) is 26.2 Å². The Bertz CT molecular complexity index is 575. The van der Waals surface area contributed by atoms with Crippen molar-refractivity contribution in [3.63, 3.8) is 0 Å². The smallest absolute Gasteiger partial charge is 0.418 e. The number of carbonyl (C=O) groups excluding carboxylic acids is 1. The Kier molecular flexibility index (Phi) is 6.89. The quantitative estimate of drug-likeness (QED) is 0.818. The van der Waals surface area contributed by atoms with Crippen LogP contribution in [0.3, 0.4) is 0 Å². The van der Waals surface area contributed by atoms with Crippen molar-refractivity contribution in [2.24, 2.45) is 0 Å². The lowest BCUT2D eigenvalue weighted by atomic mass is 10.1. The van der Waals surface area contributed by atoms with Crippen molar-refractivity contribution in [1.82, 2.24) is 10.2 Å². The van der Waals surface area contributed by atoms with E-state index in [-0.39, 0.29) is 18.0 Å². The zero-order chi connectivity index (χ0) is 18.3. The van der Waals surface area contributed by atoms with Crippen LogP contribution in [0.2, 0.25) is 0 Å². The first kappa shape index (κ1) is 19.3. The fourth-order valence-electron chi connectivity index (χ4n) is 2.44. The van der Waals surface area contributed by atoms with E-state index in [9.17, 15) is 18.0 Å². The van der Waals surface area contributed by atoms with Crippen LogP contribution in [0.25, 0.3) is 0 Å². The SMILES string of the molecule is CCOc1ccc(NC(=O)NCCN2CCOCC2)c(C(F)(F)F)c1. The summed E-state index contributed by atoms with van der Waals surface area (Å²) in [7, 11) is 0. The summed E-state index contributed by atoms with van der Waals surface area (Å²) in [6.45, 7) is 5.74. The lowest BCUT2D eigenvalue weighted by Crippen LogP contribution is -2.42. The number of halogens is 3. The van der Waals surface area contributed by atoms with Gasteiger partial charge < -0.3 is 20.1 Å². The molecule has 1 aromatic carbocycles. The van der Waals surface area contributed by atoms with Gasteiger partial charge in [-0.05, 0) is 25.1 Å². The molecule has 1 saturated heterocycles. The summed E-state index contributed by atoms with van der Waals surface area (Å²) < 4.78 is 49.8. The molecule has 2 N–H and O–H groups in total. The Morgan fingerprint density at radius 2 is 2.04 bits per heavy atom. The van der Waals surface area contributed by atoms with E-state index in [0.717, 1.165) is 19.2 Å². The van der Waals surface area contributed by atoms with E-state index in [1.807, 2.05) is 0 Å². The number of amides is 2. The van der Waals surface area contributed by atoms with Crippen LogP contribution < -0.4 is 15.4 Å². The van der Waals surface area contributed by atoms with Gasteiger partial charge in [0.25, 0.3) is 0 Å². The van der Waals surface area contributed by atoms with Crippen molar-refractivity contribution in [3.05, 3.63) is 23.8 Å². The molecule has 2 amide bonds. The molecule has 0 saturated carbocycles. The maximum Gasteiger partial charge on any atom is 0.418 e. The van der Waals surface area contributed by atoms with E-state index in [0.29, 0.717) is 26.3 Å². The zero-order valence-electron chi connectivity index (χ0n) is 14.0. The molecule has 1 heterocycles. The van der Waals surface area contributed by atoms with E-state index < -0.39 is 17.8 Å². The molecule has 140 valence electrons. The minimum absolute atomic E-state index is 0.105. The van der Waals surface area contributed by atoms with Gasteiger partial charge in [-0.3, -0.25) is 4.90 Å². The van der Waals surface area contributed by atoms with Gasteiger partial charge in [-0.25, -0.2) is 4.79 Å². The Balaban J connectivity index is 1.92. The van der Waals surface area contributed by atoms with Gasteiger partial charge >= 0.3 is 12.2 Å². The normalized spacial score (nSPS) is 15.7. The van der Waals surface area contributed by atoms with Gasteiger partial charge in [0.05, 0.1) is 31.1 Å². The number of nitrogens with zero attached hydrogens (tertiary/aromatic N) is 1. The van der Waals surface area contributed by atoms with Crippen molar-refractivity contribution < 1.29 is 27.4 Å². The second-order valence-corrected chi connectivity index (χ2v) is 5.47. The predicted octanol–water partition coefficient (Wildman–Crippen LogP) is 2.56. The molecule has 0 atom stereocenters. The number of carbonyl (C=O) groups is 1. The van der Waals surface area contributed by atoms with Crippen LogP contribution >= 0.6 is 0 Å². The molecule has 0 spiro atoms. The van der Waals surface area contributed by atoms with Gasteiger partial charge in [0.1, 0.15) is 5.75 Å². The molecule has 6 nitrogen and oxygen atoms in total. The first-order valence-corrected chi connectivity index (χ1v) is 8.09. The summed E-state index contributed by atoms with van der Waals surface area (Å²) >= 11 is 0. The number of urea groups is 1. The second-order valence-electron chi connectivity index (χ2n) is 5.47. The fourth-order valence-corrected chi connectivity index (χ4v) is 2.44. The molecule has 0 radical (unpaired) electrons. The molecular weight excluding hydrogens is 339 g/mol. The van der Waals surface area contributed by atoms with Gasteiger partial charge in [-0.1, -0.05) is 0 Å². The van der Waals surface area contributed by atoms with E-state index in [1.54, 1.807) is 6.92 Å². The van der Waals surface area contributed by atoms with Crippen LogP contribution in [0.5, 0.6) is 5.75 Å². The van der Waals surface area contributed by atoms with Gasteiger partial charge in [0.15, 0.2) is 0 Å². The summed E-state index contributed by atoms with van der Waals surface area (Å²) in [5.74, 6) is 0.105. The van der Waals surface area contributed by atoms with E-state index in [4.69, 9.17) is 9.47 Å². The van der Waals surface area contributed by atoms with Crippen molar-refractivity contribution >= 4 is 11.7 Å². The zero-order valence-corrected chi connectivity index (χ0v) is 14.0. The number of benzene rings is 1. The van der Waals surface area contributed by atoms with Crippen LogP contribution in [0.15, 0.2) is 18.2 Å². The summed E-state index contributed by atoms with van der Waals surface area (Å²) in [6, 6.07) is 2.78. The highest BCUT2D eigenvalue weighted by molar-refractivity contribution is 5.90. The molecule has 1 fully saturated rings. The number of morpholine rings is 1. The summed E-state index contributed by atoms with van der Waals surface area (Å²) in [5, 5.41) is 4.82. The van der Waals surface area contributed by atoms with Crippen LogP contribution in [0.1, 0.15) is 12.5 Å². The molecule has 9 heteroatoms. The molecule has 2 rings (SSSR count). The van der Waals surface area contributed by atoms with E-state index >= 15 is 0 Å². The molecule has 25 heavy (non-hydrogen) atoms. The van der Waals surface area contributed by atoms with Gasteiger partial charge in [-0.15, -0.1) is 0 Å². The fraction of sp³-hybridized carbons (Fsp3) is 0.562. The van der Waals surface area contributed by atoms with Crippen molar-refractivity contribution in [3.8, 4) is 5.75 Å². The molecule has 1 aliphatic rings. The number of rotatable bonds is 6. The van der Waals surface area contributed by atoms with Crippen LogP contribution in [-0.4, -0.2) is 56.9 Å². The maximum absolute atomic E-state index is 13.2. The van der Waals surface area contributed by atoms with E-state index in [1.165, 1.54) is 12.1 Å². The minimum atomic E-state index is -4.59. The minimum Gasteiger partial charge on any atom is -0.494 e. The predicted molar refractivity (Wildman–Crippen MR) is 86.9 cm³/mol. The third kappa shape index (κ3) is 6.09. The average molecular weight is 361 g/mol. The monoisotopic (exact) mass is 361 g/mol. The summed E-state index contributed by atoms with van der Waals surface area (Å²) in [4.78, 5) is 14.0. The Labute approximate surface area is 144 Å². The number of nitrogens with one attached hydrogen (secondary N) is 2. The number of ether oxygens (including phenoxy) is 2. The largest absolute Gasteiger partial charge is 0.494 e. The lowest BCUT2D eigenvalue weighted by Gasteiger charge is -2.26. The van der Waals surface area contributed by atoms with Gasteiger partial charge in [-0.2, -0.15) is 13.2 Å².